The van der Waals surface area contributed by atoms with E-state index in [0.29, 0.717) is 28.3 Å². The lowest BCUT2D eigenvalue weighted by molar-refractivity contribution is -0.112. The Hall–Kier alpha value is -3.19. The van der Waals surface area contributed by atoms with Gasteiger partial charge in [-0.2, -0.15) is 0 Å². The smallest absolute Gasteiger partial charge is 0.344 e. The minimum Gasteiger partial charge on any atom is -0.460 e. The lowest BCUT2D eigenvalue weighted by Crippen LogP contribution is -2.20. The van der Waals surface area contributed by atoms with Gasteiger partial charge in [0.05, 0.1) is 12.3 Å². The van der Waals surface area contributed by atoms with Gasteiger partial charge >= 0.3 is 5.97 Å². The van der Waals surface area contributed by atoms with Gasteiger partial charge in [-0.05, 0) is 26.0 Å². The SMILES string of the molecule is Cc1noc(C)c1C(=O)OCc1cc(F)cc2c1O[C@@H](c1ccccc1)OC2. The second-order valence-electron chi connectivity index (χ2n) is 6.50. The summed E-state index contributed by atoms with van der Waals surface area (Å²) in [5.41, 5.74) is 2.56. The van der Waals surface area contributed by atoms with Crippen molar-refractivity contribution >= 4 is 5.97 Å². The van der Waals surface area contributed by atoms with Crippen LogP contribution in [0.2, 0.25) is 0 Å². The van der Waals surface area contributed by atoms with E-state index < -0.39 is 18.1 Å². The van der Waals surface area contributed by atoms with Crippen LogP contribution in [0.4, 0.5) is 4.39 Å². The number of halogens is 1. The van der Waals surface area contributed by atoms with Gasteiger partial charge in [0.2, 0.25) is 6.29 Å². The summed E-state index contributed by atoms with van der Waals surface area (Å²) in [4.78, 5) is 12.4. The highest BCUT2D eigenvalue weighted by molar-refractivity contribution is 5.91. The Bertz CT molecular complexity index is 996. The van der Waals surface area contributed by atoms with Crippen LogP contribution in [0.1, 0.15) is 44.8 Å². The first-order valence-electron chi connectivity index (χ1n) is 8.77. The summed E-state index contributed by atoms with van der Waals surface area (Å²) < 4.78 is 36.0. The topological polar surface area (TPSA) is 70.8 Å². The number of carbonyl (C=O) groups is 1. The van der Waals surface area contributed by atoms with Gasteiger partial charge in [-0.1, -0.05) is 35.5 Å². The monoisotopic (exact) mass is 383 g/mol. The Labute approximate surface area is 160 Å². The molecule has 0 saturated heterocycles. The zero-order valence-electron chi connectivity index (χ0n) is 15.4. The number of carbonyl (C=O) groups excluding carboxylic acids is 1. The molecule has 0 spiro atoms. The maximum Gasteiger partial charge on any atom is 0.344 e. The van der Waals surface area contributed by atoms with Crippen molar-refractivity contribution in [2.45, 2.75) is 33.4 Å². The maximum absolute atomic E-state index is 14.0. The van der Waals surface area contributed by atoms with E-state index in [1.807, 2.05) is 30.3 Å². The highest BCUT2D eigenvalue weighted by Crippen LogP contribution is 2.37. The predicted octanol–water partition coefficient (Wildman–Crippen LogP) is 4.40. The van der Waals surface area contributed by atoms with Crippen LogP contribution < -0.4 is 4.74 Å². The number of rotatable bonds is 4. The van der Waals surface area contributed by atoms with Crippen molar-refractivity contribution in [3.63, 3.8) is 0 Å². The fourth-order valence-electron chi connectivity index (χ4n) is 3.15. The number of hydrogen-bond donors (Lipinski definition) is 0. The molecule has 0 fully saturated rings. The molecule has 0 N–H and O–H groups in total. The van der Waals surface area contributed by atoms with Crippen LogP contribution in [0.3, 0.4) is 0 Å². The van der Waals surface area contributed by atoms with Crippen molar-refractivity contribution in [3.8, 4) is 5.75 Å². The van der Waals surface area contributed by atoms with Crippen molar-refractivity contribution in [2.24, 2.45) is 0 Å². The molecule has 7 heteroatoms. The van der Waals surface area contributed by atoms with Gasteiger partial charge in [0.1, 0.15) is 29.5 Å². The van der Waals surface area contributed by atoms with Gasteiger partial charge in [-0.3, -0.25) is 0 Å². The van der Waals surface area contributed by atoms with E-state index in [-0.39, 0.29) is 18.8 Å². The first kappa shape index (κ1) is 18.2. The summed E-state index contributed by atoms with van der Waals surface area (Å²) in [6, 6.07) is 12.1. The fourth-order valence-corrected chi connectivity index (χ4v) is 3.15. The maximum atomic E-state index is 14.0. The number of aromatic nitrogens is 1. The van der Waals surface area contributed by atoms with Crippen molar-refractivity contribution < 1.29 is 27.9 Å². The second-order valence-corrected chi connectivity index (χ2v) is 6.50. The molecule has 0 unspecified atom stereocenters. The Morgan fingerprint density at radius 3 is 2.75 bits per heavy atom. The molecular weight excluding hydrogens is 365 g/mol. The summed E-state index contributed by atoms with van der Waals surface area (Å²) in [6.07, 6.45) is -0.615. The third-order valence-electron chi connectivity index (χ3n) is 4.49. The molecule has 6 nitrogen and oxygen atoms in total. The Morgan fingerprint density at radius 2 is 2.04 bits per heavy atom. The quantitative estimate of drug-likeness (QED) is 0.622. The predicted molar refractivity (Wildman–Crippen MR) is 96.1 cm³/mol. The highest BCUT2D eigenvalue weighted by atomic mass is 19.1. The molecule has 0 saturated carbocycles. The van der Waals surface area contributed by atoms with Gasteiger partial charge in [0.15, 0.2) is 0 Å². The van der Waals surface area contributed by atoms with Crippen LogP contribution in [0.15, 0.2) is 47.0 Å². The summed E-state index contributed by atoms with van der Waals surface area (Å²) in [7, 11) is 0. The molecule has 2 heterocycles. The fraction of sp³-hybridized carbons (Fsp3) is 0.238. The van der Waals surface area contributed by atoms with Crippen LogP contribution in [0, 0.1) is 19.7 Å². The van der Waals surface area contributed by atoms with E-state index in [0.717, 1.165) is 5.56 Å². The van der Waals surface area contributed by atoms with Crippen LogP contribution in [-0.4, -0.2) is 11.1 Å². The molecule has 28 heavy (non-hydrogen) atoms. The molecule has 1 aliphatic rings. The standard InChI is InChI=1S/C21H18FNO5/c1-12-18(13(2)28-23-12)20(24)25-10-15-8-17(22)9-16-11-26-21(27-19(15)16)14-6-4-3-5-7-14/h3-9,21H,10-11H2,1-2H3/t21-/m0/s1. The molecular formula is C21H18FNO5. The zero-order valence-corrected chi connectivity index (χ0v) is 15.4. The molecule has 0 bridgehead atoms. The Kier molecular flexibility index (Phi) is 4.83. The number of hydrogen-bond acceptors (Lipinski definition) is 6. The third kappa shape index (κ3) is 3.48. The van der Waals surface area contributed by atoms with Crippen molar-refractivity contribution in [3.05, 3.63) is 82.0 Å². The van der Waals surface area contributed by atoms with Gasteiger partial charge in [0.25, 0.3) is 0 Å². The van der Waals surface area contributed by atoms with E-state index in [2.05, 4.69) is 5.16 Å². The summed E-state index contributed by atoms with van der Waals surface area (Å²) in [5.74, 6) is -0.195. The van der Waals surface area contributed by atoms with E-state index in [4.69, 9.17) is 18.7 Å². The zero-order chi connectivity index (χ0) is 19.7. The lowest BCUT2D eigenvalue weighted by Gasteiger charge is -2.28. The minimum absolute atomic E-state index is 0.148. The van der Waals surface area contributed by atoms with Gasteiger partial charge in [-0.25, -0.2) is 9.18 Å². The molecule has 0 aliphatic carbocycles. The van der Waals surface area contributed by atoms with Crippen molar-refractivity contribution in [1.29, 1.82) is 0 Å². The Morgan fingerprint density at radius 1 is 1.25 bits per heavy atom. The average Bonchev–Trinajstić information content (AvgIpc) is 3.04. The minimum atomic E-state index is -0.615. The molecule has 144 valence electrons. The van der Waals surface area contributed by atoms with Crippen LogP contribution in [0.5, 0.6) is 5.75 Å². The summed E-state index contributed by atoms with van der Waals surface area (Å²) in [6.45, 7) is 3.33. The molecule has 0 radical (unpaired) electrons. The van der Waals surface area contributed by atoms with Crippen molar-refractivity contribution in [1.82, 2.24) is 5.16 Å². The molecule has 2 aromatic carbocycles. The molecule has 1 aromatic heterocycles. The van der Waals surface area contributed by atoms with E-state index in [1.165, 1.54) is 12.1 Å². The number of ether oxygens (including phenoxy) is 3. The Balaban J connectivity index is 1.57. The van der Waals surface area contributed by atoms with Gasteiger partial charge in [0, 0.05) is 16.7 Å². The van der Waals surface area contributed by atoms with Crippen LogP contribution >= 0.6 is 0 Å². The molecule has 1 aliphatic heterocycles. The number of benzene rings is 2. The first-order valence-corrected chi connectivity index (χ1v) is 8.77. The van der Waals surface area contributed by atoms with E-state index in [9.17, 15) is 9.18 Å². The van der Waals surface area contributed by atoms with E-state index in [1.54, 1.807) is 13.8 Å². The van der Waals surface area contributed by atoms with Crippen LogP contribution in [0.25, 0.3) is 0 Å². The molecule has 1 atom stereocenters. The lowest BCUT2D eigenvalue weighted by atomic mass is 10.1. The molecule has 0 amide bonds. The molecule has 4 rings (SSSR count). The number of esters is 1. The highest BCUT2D eigenvalue weighted by Gasteiger charge is 2.26. The first-order chi connectivity index (χ1) is 13.5. The molecule has 3 aromatic rings. The normalized spacial score (nSPS) is 15.6. The number of fused-ring (bicyclic) bond motifs is 1. The van der Waals surface area contributed by atoms with Gasteiger partial charge in [-0.15, -0.1) is 0 Å². The summed E-state index contributed by atoms with van der Waals surface area (Å²) in [5, 5.41) is 3.74. The number of nitrogens with zero attached hydrogens (tertiary/aromatic N) is 1. The summed E-state index contributed by atoms with van der Waals surface area (Å²) >= 11 is 0. The largest absolute Gasteiger partial charge is 0.460 e. The average molecular weight is 383 g/mol. The third-order valence-corrected chi connectivity index (χ3v) is 4.49. The van der Waals surface area contributed by atoms with Gasteiger partial charge < -0.3 is 18.7 Å². The van der Waals surface area contributed by atoms with E-state index >= 15 is 0 Å². The van der Waals surface area contributed by atoms with Crippen molar-refractivity contribution in [2.75, 3.05) is 0 Å². The van der Waals surface area contributed by atoms with Crippen LogP contribution in [-0.2, 0) is 22.7 Å². The second kappa shape index (κ2) is 7.44. The number of aryl methyl sites for hydroxylation is 2.